The van der Waals surface area contributed by atoms with Crippen molar-refractivity contribution in [2.45, 2.75) is 37.1 Å². The van der Waals surface area contributed by atoms with Crippen LogP contribution in [0.3, 0.4) is 0 Å². The number of hydrogen-bond acceptors (Lipinski definition) is 9. The second kappa shape index (κ2) is 10.7. The second-order valence-electron chi connectivity index (χ2n) is 8.58. The quantitative estimate of drug-likeness (QED) is 0.421. The number of nitrogens with one attached hydrogen (secondary N) is 1. The molecule has 0 amide bonds. The van der Waals surface area contributed by atoms with E-state index in [9.17, 15) is 13.5 Å². The molecule has 3 atom stereocenters. The second-order valence-corrected chi connectivity index (χ2v) is 10.5. The van der Waals surface area contributed by atoms with Crippen LogP contribution in [0.15, 0.2) is 58.7 Å². The summed E-state index contributed by atoms with van der Waals surface area (Å²) >= 11 is 0. The highest BCUT2D eigenvalue weighted by molar-refractivity contribution is 7.90. The van der Waals surface area contributed by atoms with Crippen LogP contribution in [0.4, 0.5) is 0 Å². The first-order chi connectivity index (χ1) is 17.2. The smallest absolute Gasteiger partial charge is 0.233 e. The molecule has 4 rings (SSSR count). The summed E-state index contributed by atoms with van der Waals surface area (Å²) < 4.78 is 46.3. The summed E-state index contributed by atoms with van der Waals surface area (Å²) in [6, 6.07) is 12.0. The molecule has 0 bridgehead atoms. The molecule has 3 aromatic rings. The van der Waals surface area contributed by atoms with E-state index in [0.29, 0.717) is 35.4 Å². The van der Waals surface area contributed by atoms with Gasteiger partial charge >= 0.3 is 0 Å². The van der Waals surface area contributed by atoms with Crippen molar-refractivity contribution in [1.29, 1.82) is 0 Å². The van der Waals surface area contributed by atoms with Crippen molar-refractivity contribution in [2.75, 3.05) is 26.6 Å². The molecular weight excluding hydrogens is 486 g/mol. The van der Waals surface area contributed by atoms with Crippen molar-refractivity contribution in [2.24, 2.45) is 4.99 Å². The van der Waals surface area contributed by atoms with E-state index in [2.05, 4.69) is 15.0 Å². The average Bonchev–Trinajstić information content (AvgIpc) is 3.45. The van der Waals surface area contributed by atoms with E-state index < -0.39 is 9.84 Å². The Morgan fingerprint density at radius 3 is 2.50 bits per heavy atom. The Morgan fingerprint density at radius 2 is 1.86 bits per heavy atom. The van der Waals surface area contributed by atoms with Crippen molar-refractivity contribution in [1.82, 2.24) is 9.97 Å². The van der Waals surface area contributed by atoms with Crippen LogP contribution in [0.5, 0.6) is 17.2 Å². The van der Waals surface area contributed by atoms with E-state index in [1.54, 1.807) is 19.2 Å². The highest BCUT2D eigenvalue weighted by Crippen LogP contribution is 2.33. The van der Waals surface area contributed by atoms with E-state index in [1.165, 1.54) is 12.3 Å². The van der Waals surface area contributed by atoms with Crippen LogP contribution >= 0.6 is 0 Å². The Morgan fingerprint density at radius 1 is 1.11 bits per heavy atom. The zero-order valence-electron chi connectivity index (χ0n) is 20.5. The molecule has 2 aromatic heterocycles. The lowest BCUT2D eigenvalue weighted by atomic mass is 10.1. The Kier molecular flexibility index (Phi) is 7.62. The molecule has 0 saturated heterocycles. The van der Waals surface area contributed by atoms with Crippen LogP contribution in [0.1, 0.15) is 19.5 Å². The van der Waals surface area contributed by atoms with E-state index >= 15 is 0 Å². The van der Waals surface area contributed by atoms with Gasteiger partial charge in [0, 0.05) is 30.7 Å². The molecule has 10 nitrogen and oxygen atoms in total. The van der Waals surface area contributed by atoms with Crippen LogP contribution in [0.2, 0.25) is 0 Å². The molecular formula is C25H29N3O7S. The lowest BCUT2D eigenvalue weighted by molar-refractivity contribution is 0.0920. The molecule has 36 heavy (non-hydrogen) atoms. The summed E-state index contributed by atoms with van der Waals surface area (Å²) in [7, 11) is -1.81. The van der Waals surface area contributed by atoms with Gasteiger partial charge in [0.1, 0.15) is 35.2 Å². The van der Waals surface area contributed by atoms with Crippen LogP contribution in [-0.2, 0) is 19.3 Å². The zero-order chi connectivity index (χ0) is 25.9. The Hall–Kier alpha value is -3.41. The van der Waals surface area contributed by atoms with Crippen LogP contribution in [-0.4, -0.2) is 74.2 Å². The molecule has 1 aliphatic heterocycles. The fourth-order valence-electron chi connectivity index (χ4n) is 3.69. The van der Waals surface area contributed by atoms with Gasteiger partial charge in [-0.05, 0) is 50.2 Å². The minimum Gasteiger partial charge on any atom is -0.488 e. The number of aliphatic imine (C=N–C) groups is 1. The molecule has 0 aliphatic carbocycles. The van der Waals surface area contributed by atoms with Gasteiger partial charge in [0.05, 0.1) is 25.5 Å². The van der Waals surface area contributed by atoms with Crippen molar-refractivity contribution in [3.8, 4) is 28.5 Å². The SMILES string of the molecule is COC[C@H](C)Oc1cc(Oc2ccc(S(C)(=O)=O)nc2)cc(-c2ccc(C3=N[C@H](C)[C@H](CO)O3)[nH]2)c1. The Balaban J connectivity index is 1.63. The monoisotopic (exact) mass is 515 g/mol. The van der Waals surface area contributed by atoms with Crippen LogP contribution in [0.25, 0.3) is 11.3 Å². The third-order valence-corrected chi connectivity index (χ3v) is 6.47. The standard InChI is InChI=1S/C25H29N3O7S/c1-15(14-32-3)33-19-9-17(21-6-7-22(28-21)25-27-16(2)23(13-29)35-25)10-20(11-19)34-18-5-8-24(26-12-18)36(4,30)31/h5-12,15-16,23,28-29H,13-14H2,1-4H3/t15-,16+,23-/m0/s1. The third kappa shape index (κ3) is 6.04. The number of aromatic nitrogens is 2. The number of methoxy groups -OCH3 is 1. The van der Waals surface area contributed by atoms with E-state index in [-0.39, 0.29) is 29.9 Å². The lowest BCUT2D eigenvalue weighted by Gasteiger charge is -2.16. The van der Waals surface area contributed by atoms with Gasteiger partial charge in [-0.1, -0.05) is 0 Å². The molecule has 11 heteroatoms. The highest BCUT2D eigenvalue weighted by Gasteiger charge is 2.28. The molecule has 1 aliphatic rings. The maximum atomic E-state index is 11.7. The van der Waals surface area contributed by atoms with E-state index in [1.807, 2.05) is 38.1 Å². The fourth-order valence-corrected chi connectivity index (χ4v) is 4.25. The number of sulfone groups is 1. The molecule has 0 unspecified atom stereocenters. The molecule has 0 radical (unpaired) electrons. The Labute approximate surface area is 209 Å². The summed E-state index contributed by atoms with van der Waals surface area (Å²) in [5.41, 5.74) is 2.25. The van der Waals surface area contributed by atoms with Gasteiger partial charge in [-0.15, -0.1) is 0 Å². The molecule has 0 fully saturated rings. The average molecular weight is 516 g/mol. The van der Waals surface area contributed by atoms with Gasteiger partial charge in [0.25, 0.3) is 0 Å². The van der Waals surface area contributed by atoms with Crippen molar-refractivity contribution in [3.05, 3.63) is 54.4 Å². The maximum Gasteiger partial charge on any atom is 0.233 e. The normalized spacial score (nSPS) is 18.4. The number of nitrogens with zero attached hydrogens (tertiary/aromatic N) is 2. The first-order valence-corrected chi connectivity index (χ1v) is 13.2. The summed E-state index contributed by atoms with van der Waals surface area (Å²) in [5.74, 6) is 1.86. The van der Waals surface area contributed by atoms with Crippen molar-refractivity contribution >= 4 is 15.7 Å². The first kappa shape index (κ1) is 25.7. The summed E-state index contributed by atoms with van der Waals surface area (Å²) in [4.78, 5) is 11.8. The van der Waals surface area contributed by atoms with Gasteiger partial charge in [-0.2, -0.15) is 0 Å². The topological polar surface area (TPSA) is 132 Å². The molecule has 0 saturated carbocycles. The first-order valence-electron chi connectivity index (χ1n) is 11.4. The summed E-state index contributed by atoms with van der Waals surface area (Å²) in [5, 5.41) is 9.42. The summed E-state index contributed by atoms with van der Waals surface area (Å²) in [6.45, 7) is 4.08. The fraction of sp³-hybridized carbons (Fsp3) is 0.360. The molecule has 1 aromatic carbocycles. The number of H-pyrrole nitrogens is 1. The number of aromatic amines is 1. The number of benzene rings is 1. The Bertz CT molecular complexity index is 1340. The number of hydrogen-bond donors (Lipinski definition) is 2. The molecule has 2 N–H and O–H groups in total. The van der Waals surface area contributed by atoms with Crippen LogP contribution in [0, 0.1) is 0 Å². The predicted octanol–water partition coefficient (Wildman–Crippen LogP) is 3.21. The van der Waals surface area contributed by atoms with Crippen molar-refractivity contribution in [3.63, 3.8) is 0 Å². The number of aliphatic hydroxyl groups is 1. The van der Waals surface area contributed by atoms with E-state index in [0.717, 1.165) is 17.5 Å². The van der Waals surface area contributed by atoms with Gasteiger partial charge < -0.3 is 29.0 Å². The van der Waals surface area contributed by atoms with Crippen molar-refractivity contribution < 1.29 is 32.5 Å². The van der Waals surface area contributed by atoms with Gasteiger partial charge in [-0.25, -0.2) is 18.4 Å². The number of aliphatic hydroxyl groups excluding tert-OH is 1. The number of ether oxygens (including phenoxy) is 4. The predicted molar refractivity (Wildman–Crippen MR) is 134 cm³/mol. The zero-order valence-corrected chi connectivity index (χ0v) is 21.3. The maximum absolute atomic E-state index is 11.7. The van der Waals surface area contributed by atoms with E-state index in [4.69, 9.17) is 18.9 Å². The van der Waals surface area contributed by atoms with Gasteiger partial charge in [-0.3, -0.25) is 0 Å². The number of pyridine rings is 1. The largest absolute Gasteiger partial charge is 0.488 e. The third-order valence-electron chi connectivity index (χ3n) is 5.47. The minimum absolute atomic E-state index is 0.0327. The summed E-state index contributed by atoms with van der Waals surface area (Å²) in [6.07, 6.45) is 1.89. The molecule has 0 spiro atoms. The molecule has 192 valence electrons. The van der Waals surface area contributed by atoms with Gasteiger partial charge in [0.2, 0.25) is 5.90 Å². The highest BCUT2D eigenvalue weighted by atomic mass is 32.2. The van der Waals surface area contributed by atoms with Gasteiger partial charge in [0.15, 0.2) is 14.9 Å². The van der Waals surface area contributed by atoms with Crippen LogP contribution < -0.4 is 9.47 Å². The minimum atomic E-state index is -3.41. The number of rotatable bonds is 10. The lowest BCUT2D eigenvalue weighted by Crippen LogP contribution is -2.24. The molecule has 3 heterocycles.